The summed E-state index contributed by atoms with van der Waals surface area (Å²) in [6, 6.07) is 14.5. The van der Waals surface area contributed by atoms with Crippen LogP contribution in [0.25, 0.3) is 11.3 Å². The fourth-order valence-corrected chi connectivity index (χ4v) is 4.82. The van der Waals surface area contributed by atoms with Gasteiger partial charge in [-0.05, 0) is 37.1 Å². The van der Waals surface area contributed by atoms with Crippen molar-refractivity contribution in [3.05, 3.63) is 68.5 Å². The Hall–Kier alpha value is -3.44. The van der Waals surface area contributed by atoms with Crippen LogP contribution < -0.4 is 9.64 Å². The van der Waals surface area contributed by atoms with Crippen molar-refractivity contribution < 1.29 is 9.66 Å². The summed E-state index contributed by atoms with van der Waals surface area (Å²) in [6.45, 7) is 1.42. The van der Waals surface area contributed by atoms with Crippen molar-refractivity contribution in [2.75, 3.05) is 25.1 Å². The Kier molecular flexibility index (Phi) is 5.63. The first kappa shape index (κ1) is 19.9. The number of nitrogens with zero attached hydrogens (tertiary/aromatic N) is 4. The molecule has 2 aromatic carbocycles. The van der Waals surface area contributed by atoms with Crippen LogP contribution >= 0.6 is 11.3 Å². The van der Waals surface area contributed by atoms with Crippen LogP contribution in [0.2, 0.25) is 0 Å². The maximum absolute atomic E-state index is 11.5. The van der Waals surface area contributed by atoms with E-state index in [1.54, 1.807) is 30.6 Å². The number of aromatic nitrogens is 1. The maximum Gasteiger partial charge on any atom is 0.293 e. The minimum atomic E-state index is -0.414. The minimum Gasteiger partial charge on any atom is -0.496 e. The molecule has 1 aromatic heterocycles. The van der Waals surface area contributed by atoms with Gasteiger partial charge in [0.2, 0.25) is 0 Å². The quantitative estimate of drug-likeness (QED) is 0.427. The molecule has 8 heteroatoms. The lowest BCUT2D eigenvalue weighted by molar-refractivity contribution is -0.384. The molecule has 1 fully saturated rings. The molecule has 0 amide bonds. The number of para-hydroxylation sites is 1. The standard InChI is InChI=1S/C22H20N4O3S/c1-29-21-5-3-2-4-17(21)18-14-30-22(24-18)16-8-10-25(11-9-16)19-7-6-15(13-23)12-20(19)26(27)28/h2-7,12,14,16H,8-11H2,1H3. The van der Waals surface area contributed by atoms with Crippen molar-refractivity contribution in [3.8, 4) is 23.1 Å². The average molecular weight is 420 g/mol. The predicted octanol–water partition coefficient (Wildman–Crippen LogP) is 4.98. The normalized spacial score (nSPS) is 14.3. The number of nitro groups is 1. The molecule has 0 radical (unpaired) electrons. The first-order valence-corrected chi connectivity index (χ1v) is 10.5. The first-order valence-electron chi connectivity index (χ1n) is 9.63. The second kappa shape index (κ2) is 8.51. The highest BCUT2D eigenvalue weighted by Gasteiger charge is 2.27. The molecular weight excluding hydrogens is 400 g/mol. The number of rotatable bonds is 5. The van der Waals surface area contributed by atoms with Crippen LogP contribution in [0.15, 0.2) is 47.8 Å². The molecule has 4 rings (SSSR count). The van der Waals surface area contributed by atoms with E-state index in [0.717, 1.165) is 34.9 Å². The van der Waals surface area contributed by atoms with Gasteiger partial charge in [-0.2, -0.15) is 5.26 Å². The molecule has 30 heavy (non-hydrogen) atoms. The Bertz CT molecular complexity index is 1110. The zero-order valence-electron chi connectivity index (χ0n) is 16.4. The van der Waals surface area contributed by atoms with Crippen LogP contribution in [0.3, 0.4) is 0 Å². The molecule has 1 saturated heterocycles. The van der Waals surface area contributed by atoms with Gasteiger partial charge >= 0.3 is 0 Å². The molecule has 0 saturated carbocycles. The van der Waals surface area contributed by atoms with Gasteiger partial charge in [0.15, 0.2) is 0 Å². The van der Waals surface area contributed by atoms with E-state index >= 15 is 0 Å². The molecule has 3 aromatic rings. The maximum atomic E-state index is 11.5. The van der Waals surface area contributed by atoms with Gasteiger partial charge in [0.05, 0.1) is 34.4 Å². The Morgan fingerprint density at radius 3 is 2.73 bits per heavy atom. The van der Waals surface area contributed by atoms with Crippen molar-refractivity contribution in [2.45, 2.75) is 18.8 Å². The van der Waals surface area contributed by atoms with Crippen LogP contribution in [0.1, 0.15) is 29.3 Å². The average Bonchev–Trinajstić information content (AvgIpc) is 3.29. The van der Waals surface area contributed by atoms with E-state index in [1.165, 1.54) is 6.07 Å². The van der Waals surface area contributed by atoms with Crippen LogP contribution in [0.5, 0.6) is 5.75 Å². The van der Waals surface area contributed by atoms with Crippen LogP contribution in [0.4, 0.5) is 11.4 Å². The second-order valence-electron chi connectivity index (χ2n) is 7.10. The number of anilines is 1. The molecule has 0 unspecified atom stereocenters. The van der Waals surface area contributed by atoms with Gasteiger partial charge in [-0.15, -0.1) is 11.3 Å². The summed E-state index contributed by atoms with van der Waals surface area (Å²) in [4.78, 5) is 17.9. The highest BCUT2D eigenvalue weighted by molar-refractivity contribution is 7.10. The zero-order chi connectivity index (χ0) is 21.1. The number of nitriles is 1. The fourth-order valence-electron chi connectivity index (χ4n) is 3.83. The number of piperidine rings is 1. The molecule has 0 spiro atoms. The Balaban J connectivity index is 1.49. The molecule has 0 aliphatic carbocycles. The lowest BCUT2D eigenvalue weighted by atomic mass is 9.96. The molecule has 0 bridgehead atoms. The molecule has 152 valence electrons. The van der Waals surface area contributed by atoms with Gasteiger partial charge < -0.3 is 9.64 Å². The van der Waals surface area contributed by atoms with E-state index in [0.29, 0.717) is 30.3 Å². The molecule has 1 aliphatic rings. The highest BCUT2D eigenvalue weighted by Crippen LogP contribution is 2.38. The summed E-state index contributed by atoms with van der Waals surface area (Å²) in [5.41, 5.74) is 2.75. The molecule has 2 heterocycles. The Morgan fingerprint density at radius 2 is 2.03 bits per heavy atom. The van der Waals surface area contributed by atoms with Crippen molar-refractivity contribution in [3.63, 3.8) is 0 Å². The summed E-state index contributed by atoms with van der Waals surface area (Å²) < 4.78 is 5.45. The topological polar surface area (TPSA) is 92.3 Å². The first-order chi connectivity index (χ1) is 14.6. The van der Waals surface area contributed by atoms with E-state index in [-0.39, 0.29) is 5.69 Å². The molecule has 0 N–H and O–H groups in total. The molecular formula is C22H20N4O3S. The molecule has 7 nitrogen and oxygen atoms in total. The van der Waals surface area contributed by atoms with Gasteiger partial charge in [-0.1, -0.05) is 12.1 Å². The fraction of sp³-hybridized carbons (Fsp3) is 0.273. The smallest absolute Gasteiger partial charge is 0.293 e. The number of benzene rings is 2. The van der Waals surface area contributed by atoms with E-state index in [2.05, 4.69) is 5.38 Å². The third-order valence-electron chi connectivity index (χ3n) is 5.39. The largest absolute Gasteiger partial charge is 0.496 e. The second-order valence-corrected chi connectivity index (χ2v) is 7.99. The zero-order valence-corrected chi connectivity index (χ0v) is 17.3. The lowest BCUT2D eigenvalue weighted by Crippen LogP contribution is -2.33. The van der Waals surface area contributed by atoms with Gasteiger partial charge in [0.25, 0.3) is 5.69 Å². The lowest BCUT2D eigenvalue weighted by Gasteiger charge is -2.32. The van der Waals surface area contributed by atoms with Crippen LogP contribution in [-0.2, 0) is 0 Å². The van der Waals surface area contributed by atoms with E-state index in [1.807, 2.05) is 35.2 Å². The number of thiazole rings is 1. The number of ether oxygens (including phenoxy) is 1. The molecule has 1 aliphatic heterocycles. The summed E-state index contributed by atoms with van der Waals surface area (Å²) in [5.74, 6) is 1.13. The number of hydrogen-bond acceptors (Lipinski definition) is 7. The number of hydrogen-bond donors (Lipinski definition) is 0. The third-order valence-corrected chi connectivity index (χ3v) is 6.40. The Labute approximate surface area is 178 Å². The van der Waals surface area contributed by atoms with E-state index < -0.39 is 4.92 Å². The summed E-state index contributed by atoms with van der Waals surface area (Å²) in [6.07, 6.45) is 1.74. The van der Waals surface area contributed by atoms with Crippen LogP contribution in [0, 0.1) is 21.4 Å². The number of methoxy groups -OCH3 is 1. The predicted molar refractivity (Wildman–Crippen MR) is 116 cm³/mol. The third kappa shape index (κ3) is 3.84. The van der Waals surface area contributed by atoms with Crippen molar-refractivity contribution in [1.29, 1.82) is 5.26 Å². The molecule has 0 atom stereocenters. The highest BCUT2D eigenvalue weighted by atomic mass is 32.1. The summed E-state index contributed by atoms with van der Waals surface area (Å²) >= 11 is 1.65. The number of nitro benzene ring substituents is 1. The van der Waals surface area contributed by atoms with Gasteiger partial charge in [0.1, 0.15) is 11.4 Å². The van der Waals surface area contributed by atoms with Gasteiger partial charge in [-0.3, -0.25) is 10.1 Å². The monoisotopic (exact) mass is 420 g/mol. The van der Waals surface area contributed by atoms with Gasteiger partial charge in [-0.25, -0.2) is 4.98 Å². The summed E-state index contributed by atoms with van der Waals surface area (Å²) in [5, 5.41) is 23.6. The van der Waals surface area contributed by atoms with Crippen molar-refractivity contribution in [2.24, 2.45) is 0 Å². The SMILES string of the molecule is COc1ccccc1-c1csc(C2CCN(c3ccc(C#N)cc3[N+](=O)[O-])CC2)n1. The van der Waals surface area contributed by atoms with Crippen LogP contribution in [-0.4, -0.2) is 30.1 Å². The van der Waals surface area contributed by atoms with Crippen molar-refractivity contribution in [1.82, 2.24) is 4.98 Å². The van der Waals surface area contributed by atoms with E-state index in [9.17, 15) is 10.1 Å². The summed E-state index contributed by atoms with van der Waals surface area (Å²) in [7, 11) is 1.66. The van der Waals surface area contributed by atoms with Gasteiger partial charge in [0, 0.05) is 36.0 Å². The Morgan fingerprint density at radius 1 is 1.27 bits per heavy atom. The van der Waals surface area contributed by atoms with E-state index in [4.69, 9.17) is 15.0 Å². The minimum absolute atomic E-state index is 0.0137. The van der Waals surface area contributed by atoms with Crippen molar-refractivity contribution >= 4 is 22.7 Å².